The number of hydrogen-bond acceptors (Lipinski definition) is 2. The second-order valence-corrected chi connectivity index (χ2v) is 4.75. The molecule has 108 valence electrons. The number of nitrogens with one attached hydrogen (secondary N) is 3. The number of aliphatic imine (C=N–C) groups is 1. The summed E-state index contributed by atoms with van der Waals surface area (Å²) in [5, 5.41) is 9.14. The molecule has 0 aromatic carbocycles. The highest BCUT2D eigenvalue weighted by molar-refractivity contribution is 14.0. The Labute approximate surface area is 128 Å². The minimum atomic E-state index is 0. The summed E-state index contributed by atoms with van der Waals surface area (Å²) in [4.78, 5) is 15.5. The van der Waals surface area contributed by atoms with E-state index in [1.807, 2.05) is 13.8 Å². The predicted molar refractivity (Wildman–Crippen MR) is 87.5 cm³/mol. The molecule has 0 unspecified atom stereocenters. The zero-order valence-corrected chi connectivity index (χ0v) is 14.4. The summed E-state index contributed by atoms with van der Waals surface area (Å²) in [7, 11) is 1.73. The molecule has 6 heteroatoms. The number of halogens is 1. The van der Waals surface area contributed by atoms with Gasteiger partial charge in [-0.2, -0.15) is 0 Å². The Morgan fingerprint density at radius 2 is 1.78 bits per heavy atom. The summed E-state index contributed by atoms with van der Waals surface area (Å²) >= 11 is 0. The van der Waals surface area contributed by atoms with Crippen LogP contribution in [0.5, 0.6) is 0 Å². The lowest BCUT2D eigenvalue weighted by Crippen LogP contribution is -2.41. The van der Waals surface area contributed by atoms with Gasteiger partial charge in [-0.1, -0.05) is 13.8 Å². The van der Waals surface area contributed by atoms with Gasteiger partial charge in [0.05, 0.1) is 0 Å². The highest BCUT2D eigenvalue weighted by Crippen LogP contribution is 1.87. The highest BCUT2D eigenvalue weighted by atomic mass is 127. The number of carbonyl (C=O) groups excluding carboxylic acids is 1. The fraction of sp³-hybridized carbons (Fsp3) is 0.833. The Morgan fingerprint density at radius 3 is 2.22 bits per heavy atom. The van der Waals surface area contributed by atoms with E-state index in [2.05, 4.69) is 34.8 Å². The van der Waals surface area contributed by atoms with Crippen LogP contribution in [-0.4, -0.2) is 38.0 Å². The van der Waals surface area contributed by atoms with E-state index < -0.39 is 0 Å². The van der Waals surface area contributed by atoms with Crippen LogP contribution in [0, 0.1) is 5.92 Å². The van der Waals surface area contributed by atoms with Crippen LogP contribution in [0.25, 0.3) is 0 Å². The SMILES string of the molecule is CN=C(NCCC(=O)NC(C)C)NCC(C)C.I. The van der Waals surface area contributed by atoms with Gasteiger partial charge in [-0.05, 0) is 19.8 Å². The van der Waals surface area contributed by atoms with Gasteiger partial charge in [-0.3, -0.25) is 9.79 Å². The Balaban J connectivity index is 0. The molecule has 0 aliphatic rings. The monoisotopic (exact) mass is 370 g/mol. The smallest absolute Gasteiger partial charge is 0.221 e. The second kappa shape index (κ2) is 11.6. The number of rotatable bonds is 6. The van der Waals surface area contributed by atoms with Crippen LogP contribution in [0.1, 0.15) is 34.1 Å². The molecule has 3 N–H and O–H groups in total. The predicted octanol–water partition coefficient (Wildman–Crippen LogP) is 1.34. The first kappa shape index (κ1) is 19.8. The largest absolute Gasteiger partial charge is 0.356 e. The van der Waals surface area contributed by atoms with Gasteiger partial charge in [0, 0.05) is 32.6 Å². The van der Waals surface area contributed by atoms with Crippen LogP contribution >= 0.6 is 24.0 Å². The number of guanidine groups is 1. The molecule has 0 fully saturated rings. The van der Waals surface area contributed by atoms with Gasteiger partial charge < -0.3 is 16.0 Å². The van der Waals surface area contributed by atoms with Crippen LogP contribution in [0.15, 0.2) is 4.99 Å². The summed E-state index contributed by atoms with van der Waals surface area (Å²) in [5.74, 6) is 1.38. The first-order valence-corrected chi connectivity index (χ1v) is 6.19. The fourth-order valence-corrected chi connectivity index (χ4v) is 1.21. The number of amides is 1. The van der Waals surface area contributed by atoms with Crippen molar-refractivity contribution in [3.63, 3.8) is 0 Å². The van der Waals surface area contributed by atoms with Gasteiger partial charge in [0.25, 0.3) is 0 Å². The highest BCUT2D eigenvalue weighted by Gasteiger charge is 2.04. The van der Waals surface area contributed by atoms with Crippen molar-refractivity contribution in [2.45, 2.75) is 40.2 Å². The number of nitrogens with zero attached hydrogens (tertiary/aromatic N) is 1. The third-order valence-electron chi connectivity index (χ3n) is 2.00. The van der Waals surface area contributed by atoms with Gasteiger partial charge in [-0.15, -0.1) is 24.0 Å². The van der Waals surface area contributed by atoms with Crippen molar-refractivity contribution in [1.82, 2.24) is 16.0 Å². The second-order valence-electron chi connectivity index (χ2n) is 4.75. The molecule has 0 spiro atoms. The molecule has 5 nitrogen and oxygen atoms in total. The Hall–Kier alpha value is -0.530. The molecule has 0 atom stereocenters. The maximum Gasteiger partial charge on any atom is 0.221 e. The van der Waals surface area contributed by atoms with Gasteiger partial charge in [0.2, 0.25) is 5.91 Å². The van der Waals surface area contributed by atoms with Crippen molar-refractivity contribution >= 4 is 35.8 Å². The molecular weight excluding hydrogens is 343 g/mol. The Bertz CT molecular complexity index is 254. The molecule has 0 heterocycles. The fourth-order valence-electron chi connectivity index (χ4n) is 1.21. The van der Waals surface area contributed by atoms with Crippen LogP contribution in [0.2, 0.25) is 0 Å². The van der Waals surface area contributed by atoms with E-state index in [4.69, 9.17) is 0 Å². The lowest BCUT2D eigenvalue weighted by Gasteiger charge is -2.13. The van der Waals surface area contributed by atoms with Crippen molar-refractivity contribution in [3.05, 3.63) is 0 Å². The average Bonchev–Trinajstić information content (AvgIpc) is 2.21. The normalized spacial score (nSPS) is 11.2. The van der Waals surface area contributed by atoms with Crippen LogP contribution in [-0.2, 0) is 4.79 Å². The van der Waals surface area contributed by atoms with E-state index in [9.17, 15) is 4.79 Å². The third kappa shape index (κ3) is 11.9. The molecule has 0 aliphatic heterocycles. The zero-order valence-electron chi connectivity index (χ0n) is 12.0. The quantitative estimate of drug-likeness (QED) is 0.376. The van der Waals surface area contributed by atoms with Crippen LogP contribution in [0.3, 0.4) is 0 Å². The summed E-state index contributed by atoms with van der Waals surface area (Å²) in [6.45, 7) is 9.64. The average molecular weight is 370 g/mol. The number of hydrogen-bond donors (Lipinski definition) is 3. The summed E-state index contributed by atoms with van der Waals surface area (Å²) in [6.07, 6.45) is 0.459. The van der Waals surface area contributed by atoms with Gasteiger partial charge >= 0.3 is 0 Å². The van der Waals surface area contributed by atoms with E-state index in [0.29, 0.717) is 18.9 Å². The van der Waals surface area contributed by atoms with Crippen molar-refractivity contribution in [2.75, 3.05) is 20.1 Å². The summed E-state index contributed by atoms with van der Waals surface area (Å²) in [6, 6.07) is 0.195. The van der Waals surface area contributed by atoms with E-state index in [1.54, 1.807) is 7.05 Å². The summed E-state index contributed by atoms with van der Waals surface area (Å²) in [5.41, 5.74) is 0. The molecule has 0 aromatic rings. The summed E-state index contributed by atoms with van der Waals surface area (Å²) < 4.78 is 0. The molecule has 0 rings (SSSR count). The lowest BCUT2D eigenvalue weighted by molar-refractivity contribution is -0.121. The van der Waals surface area contributed by atoms with Gasteiger partial charge in [-0.25, -0.2) is 0 Å². The topological polar surface area (TPSA) is 65.5 Å². The molecule has 18 heavy (non-hydrogen) atoms. The van der Waals surface area contributed by atoms with Crippen molar-refractivity contribution < 1.29 is 4.79 Å². The zero-order chi connectivity index (χ0) is 13.3. The first-order chi connectivity index (χ1) is 7.95. The van der Waals surface area contributed by atoms with Gasteiger partial charge in [0.1, 0.15) is 0 Å². The third-order valence-corrected chi connectivity index (χ3v) is 2.00. The Kier molecular flexibility index (Phi) is 12.7. The van der Waals surface area contributed by atoms with E-state index in [1.165, 1.54) is 0 Å². The molecular formula is C12H27IN4O. The molecule has 0 aliphatic carbocycles. The first-order valence-electron chi connectivity index (χ1n) is 6.19. The van der Waals surface area contributed by atoms with Crippen molar-refractivity contribution in [1.29, 1.82) is 0 Å². The number of carbonyl (C=O) groups is 1. The molecule has 0 bridgehead atoms. The maximum atomic E-state index is 11.4. The minimum absolute atomic E-state index is 0. The molecule has 1 amide bonds. The van der Waals surface area contributed by atoms with Crippen LogP contribution in [0.4, 0.5) is 0 Å². The van der Waals surface area contributed by atoms with E-state index in [0.717, 1.165) is 12.5 Å². The molecule has 0 radical (unpaired) electrons. The van der Waals surface area contributed by atoms with Crippen molar-refractivity contribution in [2.24, 2.45) is 10.9 Å². The van der Waals surface area contributed by atoms with Crippen LogP contribution < -0.4 is 16.0 Å². The van der Waals surface area contributed by atoms with E-state index >= 15 is 0 Å². The van der Waals surface area contributed by atoms with Crippen molar-refractivity contribution in [3.8, 4) is 0 Å². The molecule has 0 aromatic heterocycles. The minimum Gasteiger partial charge on any atom is -0.356 e. The lowest BCUT2D eigenvalue weighted by atomic mass is 10.2. The maximum absolute atomic E-state index is 11.4. The standard InChI is InChI=1S/C12H26N4O.HI/c1-9(2)8-15-12(13-5)14-7-6-11(17)16-10(3)4;/h9-10H,6-8H2,1-5H3,(H,16,17)(H2,13,14,15);1H. The molecule has 0 saturated heterocycles. The van der Waals surface area contributed by atoms with E-state index in [-0.39, 0.29) is 35.9 Å². The molecule has 0 saturated carbocycles. The Morgan fingerprint density at radius 1 is 1.17 bits per heavy atom. The van der Waals surface area contributed by atoms with Gasteiger partial charge in [0.15, 0.2) is 5.96 Å².